The van der Waals surface area contributed by atoms with Crippen molar-refractivity contribution in [1.82, 2.24) is 9.97 Å². The highest BCUT2D eigenvalue weighted by Crippen LogP contribution is 2.30. The van der Waals surface area contributed by atoms with Crippen LogP contribution in [0.15, 0.2) is 29.0 Å². The lowest BCUT2D eigenvalue weighted by Crippen LogP contribution is -2.27. The maximum absolute atomic E-state index is 12.0. The highest BCUT2D eigenvalue weighted by molar-refractivity contribution is 9.10. The van der Waals surface area contributed by atoms with E-state index in [1.54, 1.807) is 12.4 Å². The highest BCUT2D eigenvalue weighted by atomic mass is 79.9. The van der Waals surface area contributed by atoms with Crippen LogP contribution in [0, 0.1) is 5.41 Å². The number of nitrogens with one attached hydrogen (secondary N) is 1. The van der Waals surface area contributed by atoms with E-state index in [-0.39, 0.29) is 5.91 Å². The minimum atomic E-state index is -0.434. The van der Waals surface area contributed by atoms with Crippen LogP contribution >= 0.6 is 15.9 Å². The number of halogens is 1. The zero-order valence-electron chi connectivity index (χ0n) is 10.5. The van der Waals surface area contributed by atoms with Crippen molar-refractivity contribution in [1.29, 1.82) is 0 Å². The number of carbonyl (C=O) groups excluding carboxylic acids is 1. The Morgan fingerprint density at radius 3 is 2.56 bits per heavy atom. The molecule has 0 radical (unpaired) electrons. The molecule has 1 amide bonds. The summed E-state index contributed by atoms with van der Waals surface area (Å²) in [6, 6.07) is 3.66. The summed E-state index contributed by atoms with van der Waals surface area (Å²) in [5.74, 6) is -0.0357. The Balaban J connectivity index is 2.41. The highest BCUT2D eigenvalue weighted by Gasteiger charge is 2.22. The fourth-order valence-corrected chi connectivity index (χ4v) is 1.95. The van der Waals surface area contributed by atoms with E-state index >= 15 is 0 Å². The average molecular weight is 308 g/mol. The van der Waals surface area contributed by atoms with Crippen LogP contribution in [0.1, 0.15) is 20.8 Å². The van der Waals surface area contributed by atoms with E-state index in [9.17, 15) is 4.79 Å². The molecule has 0 fully saturated rings. The van der Waals surface area contributed by atoms with Crippen molar-refractivity contribution in [2.75, 3.05) is 5.32 Å². The van der Waals surface area contributed by atoms with Crippen LogP contribution in [0.25, 0.3) is 11.0 Å². The first kappa shape index (κ1) is 13.0. The number of hydrogen-bond acceptors (Lipinski definition) is 3. The van der Waals surface area contributed by atoms with Crippen molar-refractivity contribution in [3.05, 3.63) is 29.0 Å². The molecule has 0 saturated carbocycles. The minimum Gasteiger partial charge on any atom is -0.325 e. The third-order valence-corrected chi connectivity index (χ3v) is 3.31. The molecule has 1 N–H and O–H groups in total. The quantitative estimate of drug-likeness (QED) is 0.878. The van der Waals surface area contributed by atoms with Crippen molar-refractivity contribution >= 4 is 38.6 Å². The first-order valence-corrected chi connectivity index (χ1v) is 6.39. The number of amides is 1. The molecule has 0 unspecified atom stereocenters. The molecule has 1 heterocycles. The van der Waals surface area contributed by atoms with Gasteiger partial charge in [-0.15, -0.1) is 0 Å². The third-order valence-electron chi connectivity index (χ3n) is 2.51. The second kappa shape index (κ2) is 4.65. The van der Waals surface area contributed by atoms with E-state index in [0.29, 0.717) is 5.69 Å². The molecular formula is C13H14BrN3O. The van der Waals surface area contributed by atoms with Crippen molar-refractivity contribution in [2.24, 2.45) is 5.41 Å². The zero-order valence-corrected chi connectivity index (χ0v) is 12.1. The van der Waals surface area contributed by atoms with Gasteiger partial charge in [-0.2, -0.15) is 0 Å². The lowest BCUT2D eigenvalue weighted by atomic mass is 9.95. The van der Waals surface area contributed by atoms with E-state index in [0.717, 1.165) is 15.5 Å². The normalized spacial score (nSPS) is 11.6. The van der Waals surface area contributed by atoms with E-state index in [1.807, 2.05) is 32.9 Å². The van der Waals surface area contributed by atoms with Gasteiger partial charge in [-0.05, 0) is 28.1 Å². The molecule has 0 aliphatic heterocycles. The number of anilines is 1. The van der Waals surface area contributed by atoms with Crippen LogP contribution in [0.4, 0.5) is 5.69 Å². The number of hydrogen-bond donors (Lipinski definition) is 1. The maximum atomic E-state index is 12.0. The van der Waals surface area contributed by atoms with E-state index in [1.165, 1.54) is 0 Å². The Bertz CT molecular complexity index is 605. The molecular weight excluding hydrogens is 294 g/mol. The fraction of sp³-hybridized carbons (Fsp3) is 0.308. The molecule has 0 atom stereocenters. The fourth-order valence-electron chi connectivity index (χ4n) is 1.41. The Hall–Kier alpha value is -1.49. The zero-order chi connectivity index (χ0) is 13.3. The molecule has 1 aromatic heterocycles. The monoisotopic (exact) mass is 307 g/mol. The first-order chi connectivity index (χ1) is 8.39. The van der Waals surface area contributed by atoms with Gasteiger partial charge in [0, 0.05) is 17.8 Å². The van der Waals surface area contributed by atoms with Gasteiger partial charge in [-0.25, -0.2) is 0 Å². The van der Waals surface area contributed by atoms with E-state index in [4.69, 9.17) is 0 Å². The summed E-state index contributed by atoms with van der Waals surface area (Å²) < 4.78 is 0.755. The molecule has 18 heavy (non-hydrogen) atoms. The maximum Gasteiger partial charge on any atom is 0.229 e. The molecule has 94 valence electrons. The largest absolute Gasteiger partial charge is 0.325 e. The number of carbonyl (C=O) groups is 1. The van der Waals surface area contributed by atoms with Crippen LogP contribution in [0.3, 0.4) is 0 Å². The average Bonchev–Trinajstić information content (AvgIpc) is 2.32. The van der Waals surface area contributed by atoms with Crippen LogP contribution < -0.4 is 5.32 Å². The van der Waals surface area contributed by atoms with E-state index < -0.39 is 5.41 Å². The number of fused-ring (bicyclic) bond motifs is 1. The number of nitrogens with zero attached hydrogens (tertiary/aromatic N) is 2. The molecule has 2 aromatic rings. The summed E-state index contributed by atoms with van der Waals surface area (Å²) in [4.78, 5) is 20.4. The standard InChI is InChI=1S/C13H14BrN3O/c1-13(2,3)12(18)17-8-4-5-9-11(10(8)14)16-7-6-15-9/h4-7H,1-3H3,(H,17,18). The molecule has 4 nitrogen and oxygen atoms in total. The van der Waals surface area contributed by atoms with Crippen molar-refractivity contribution in [2.45, 2.75) is 20.8 Å². The molecule has 0 aliphatic carbocycles. The Labute approximate surface area is 114 Å². The molecule has 0 aliphatic rings. The topological polar surface area (TPSA) is 54.9 Å². The van der Waals surface area contributed by atoms with Gasteiger partial charge in [0.25, 0.3) is 0 Å². The second-order valence-corrected chi connectivity index (χ2v) is 5.85. The Morgan fingerprint density at radius 1 is 1.22 bits per heavy atom. The lowest BCUT2D eigenvalue weighted by Gasteiger charge is -2.18. The predicted octanol–water partition coefficient (Wildman–Crippen LogP) is 3.38. The second-order valence-electron chi connectivity index (χ2n) is 5.06. The minimum absolute atomic E-state index is 0.0357. The number of rotatable bonds is 1. The van der Waals surface area contributed by atoms with Crippen LogP contribution in [0.2, 0.25) is 0 Å². The summed E-state index contributed by atoms with van der Waals surface area (Å²) in [7, 11) is 0. The molecule has 0 saturated heterocycles. The SMILES string of the molecule is CC(C)(C)C(=O)Nc1ccc2nccnc2c1Br. The number of benzene rings is 1. The van der Waals surface area contributed by atoms with Gasteiger partial charge >= 0.3 is 0 Å². The van der Waals surface area contributed by atoms with Gasteiger partial charge in [-0.1, -0.05) is 20.8 Å². The van der Waals surface area contributed by atoms with Gasteiger partial charge in [0.15, 0.2) is 0 Å². The van der Waals surface area contributed by atoms with Crippen LogP contribution in [-0.2, 0) is 4.79 Å². The third kappa shape index (κ3) is 2.51. The van der Waals surface area contributed by atoms with Gasteiger partial charge < -0.3 is 5.32 Å². The summed E-state index contributed by atoms with van der Waals surface area (Å²) in [6.07, 6.45) is 3.27. The van der Waals surface area contributed by atoms with Gasteiger partial charge in [0.05, 0.1) is 15.7 Å². The van der Waals surface area contributed by atoms with Crippen LogP contribution in [0.5, 0.6) is 0 Å². The summed E-state index contributed by atoms with van der Waals surface area (Å²) in [6.45, 7) is 5.62. The molecule has 5 heteroatoms. The predicted molar refractivity (Wildman–Crippen MR) is 75.3 cm³/mol. The van der Waals surface area contributed by atoms with Crippen molar-refractivity contribution < 1.29 is 4.79 Å². The van der Waals surface area contributed by atoms with Crippen LogP contribution in [-0.4, -0.2) is 15.9 Å². The molecule has 2 rings (SSSR count). The van der Waals surface area contributed by atoms with Crippen molar-refractivity contribution in [3.63, 3.8) is 0 Å². The van der Waals surface area contributed by atoms with Crippen molar-refractivity contribution in [3.8, 4) is 0 Å². The molecule has 0 bridgehead atoms. The smallest absolute Gasteiger partial charge is 0.229 e. The number of aromatic nitrogens is 2. The van der Waals surface area contributed by atoms with E-state index in [2.05, 4.69) is 31.2 Å². The Kier molecular flexibility index (Phi) is 3.34. The summed E-state index contributed by atoms with van der Waals surface area (Å²) in [5, 5.41) is 2.89. The lowest BCUT2D eigenvalue weighted by molar-refractivity contribution is -0.123. The van der Waals surface area contributed by atoms with Gasteiger partial charge in [-0.3, -0.25) is 14.8 Å². The first-order valence-electron chi connectivity index (χ1n) is 5.60. The molecule has 1 aromatic carbocycles. The van der Waals surface area contributed by atoms with Gasteiger partial charge in [0.2, 0.25) is 5.91 Å². The summed E-state index contributed by atoms with van der Waals surface area (Å²) >= 11 is 3.46. The Morgan fingerprint density at radius 2 is 1.89 bits per heavy atom. The molecule has 0 spiro atoms. The van der Waals surface area contributed by atoms with Gasteiger partial charge in [0.1, 0.15) is 5.52 Å². The summed E-state index contributed by atoms with van der Waals surface area (Å²) in [5.41, 5.74) is 1.81.